The molecular formula is C16H23N3O4S. The number of rotatable bonds is 5. The van der Waals surface area contributed by atoms with Gasteiger partial charge >= 0.3 is 0 Å². The van der Waals surface area contributed by atoms with E-state index >= 15 is 0 Å². The van der Waals surface area contributed by atoms with Crippen LogP contribution >= 0.6 is 0 Å². The third-order valence-electron chi connectivity index (χ3n) is 4.83. The Balaban J connectivity index is 1.62. The minimum absolute atomic E-state index is 0.0501. The van der Waals surface area contributed by atoms with E-state index in [1.807, 2.05) is 23.1 Å². The maximum Gasteiger partial charge on any atom is 0.238 e. The number of fused-ring (bicyclic) bond motifs is 2. The van der Waals surface area contributed by atoms with Crippen LogP contribution in [0.25, 0.3) is 0 Å². The van der Waals surface area contributed by atoms with Gasteiger partial charge in [0.15, 0.2) is 0 Å². The summed E-state index contributed by atoms with van der Waals surface area (Å²) in [6.45, 7) is -0.0996. The first kappa shape index (κ1) is 17.2. The molecule has 2 unspecified atom stereocenters. The van der Waals surface area contributed by atoms with Gasteiger partial charge in [-0.2, -0.15) is 4.31 Å². The van der Waals surface area contributed by atoms with Crippen LogP contribution in [-0.4, -0.2) is 66.5 Å². The normalized spacial score (nSPS) is 26.6. The van der Waals surface area contributed by atoms with E-state index in [-0.39, 0.29) is 30.6 Å². The van der Waals surface area contributed by atoms with E-state index in [1.54, 1.807) is 6.20 Å². The highest BCUT2D eigenvalue weighted by Gasteiger charge is 2.44. The molecule has 0 spiro atoms. The molecule has 2 aliphatic heterocycles. The molecule has 2 fully saturated rings. The summed E-state index contributed by atoms with van der Waals surface area (Å²) in [5.41, 5.74) is 0. The molecule has 2 atom stereocenters. The summed E-state index contributed by atoms with van der Waals surface area (Å²) in [5.74, 6) is 0.491. The molecule has 1 aromatic heterocycles. The lowest BCUT2D eigenvalue weighted by Gasteiger charge is -2.39. The topological polar surface area (TPSA) is 79.8 Å². The van der Waals surface area contributed by atoms with Crippen molar-refractivity contribution in [1.29, 1.82) is 0 Å². The van der Waals surface area contributed by atoms with Gasteiger partial charge < -0.3 is 9.64 Å². The molecule has 8 heteroatoms. The summed E-state index contributed by atoms with van der Waals surface area (Å²) in [7, 11) is -1.91. The quantitative estimate of drug-likeness (QED) is 0.785. The van der Waals surface area contributed by atoms with E-state index in [1.165, 1.54) is 7.05 Å². The molecule has 2 bridgehead atoms. The minimum Gasteiger partial charge on any atom is -0.474 e. The molecule has 2 aliphatic rings. The smallest absolute Gasteiger partial charge is 0.238 e. The molecule has 1 amide bonds. The predicted octanol–water partition coefficient (Wildman–Crippen LogP) is 0.874. The Hall–Kier alpha value is -1.67. The summed E-state index contributed by atoms with van der Waals surface area (Å²) in [6, 6.07) is 5.81. The van der Waals surface area contributed by atoms with Gasteiger partial charge in [-0.1, -0.05) is 6.07 Å². The van der Waals surface area contributed by atoms with Gasteiger partial charge in [0.2, 0.25) is 21.8 Å². The number of hydrogen-bond donors (Lipinski definition) is 0. The van der Waals surface area contributed by atoms with Gasteiger partial charge in [-0.15, -0.1) is 0 Å². The van der Waals surface area contributed by atoms with Gasteiger partial charge in [0.05, 0.1) is 12.8 Å². The summed E-state index contributed by atoms with van der Waals surface area (Å²) in [4.78, 5) is 18.6. The first-order valence-corrected chi connectivity index (χ1v) is 9.99. The number of amides is 1. The molecule has 3 heterocycles. The summed E-state index contributed by atoms with van der Waals surface area (Å²) in [5, 5.41) is 0. The fraction of sp³-hybridized carbons (Fsp3) is 0.625. The Bertz CT molecular complexity index is 681. The number of aromatic nitrogens is 1. The Labute approximate surface area is 142 Å². The molecule has 0 radical (unpaired) electrons. The van der Waals surface area contributed by atoms with Crippen LogP contribution in [0.15, 0.2) is 24.4 Å². The van der Waals surface area contributed by atoms with Crippen LogP contribution in [0.3, 0.4) is 0 Å². The highest BCUT2D eigenvalue weighted by Crippen LogP contribution is 2.37. The Kier molecular flexibility index (Phi) is 4.78. The molecule has 1 aromatic rings. The van der Waals surface area contributed by atoms with Gasteiger partial charge in [0, 0.05) is 44.2 Å². The average Bonchev–Trinajstić information content (AvgIpc) is 2.79. The maximum absolute atomic E-state index is 12.5. The zero-order valence-electron chi connectivity index (χ0n) is 14.0. The van der Waals surface area contributed by atoms with Crippen LogP contribution < -0.4 is 4.74 Å². The van der Waals surface area contributed by atoms with Crippen molar-refractivity contribution in [3.05, 3.63) is 24.4 Å². The molecule has 0 aromatic carbocycles. The van der Waals surface area contributed by atoms with E-state index in [2.05, 4.69) is 4.98 Å². The number of carbonyl (C=O) groups excluding carboxylic acids is 1. The SMILES string of the molecule is CN(CC(=O)N1C2CCC1CC(Oc1ccccn1)C2)S(C)(=O)=O. The Morgan fingerprint density at radius 1 is 1.33 bits per heavy atom. The van der Waals surface area contributed by atoms with Crippen LogP contribution in [0.5, 0.6) is 5.88 Å². The molecule has 0 aliphatic carbocycles. The molecule has 24 heavy (non-hydrogen) atoms. The van der Waals surface area contributed by atoms with E-state index < -0.39 is 10.0 Å². The van der Waals surface area contributed by atoms with Crippen molar-refractivity contribution in [3.63, 3.8) is 0 Å². The van der Waals surface area contributed by atoms with Gasteiger partial charge in [-0.3, -0.25) is 4.79 Å². The van der Waals surface area contributed by atoms with Gasteiger partial charge in [-0.25, -0.2) is 13.4 Å². The average molecular weight is 353 g/mol. The molecule has 2 saturated heterocycles. The van der Waals surface area contributed by atoms with Crippen molar-refractivity contribution in [2.45, 2.75) is 43.9 Å². The third-order valence-corrected chi connectivity index (χ3v) is 6.09. The van der Waals surface area contributed by atoms with Gasteiger partial charge in [-0.05, 0) is 18.9 Å². The first-order valence-electron chi connectivity index (χ1n) is 8.15. The van der Waals surface area contributed by atoms with E-state index in [9.17, 15) is 13.2 Å². The van der Waals surface area contributed by atoms with Crippen molar-refractivity contribution in [1.82, 2.24) is 14.2 Å². The van der Waals surface area contributed by atoms with Crippen molar-refractivity contribution < 1.29 is 17.9 Å². The van der Waals surface area contributed by atoms with Crippen molar-refractivity contribution in [3.8, 4) is 5.88 Å². The second kappa shape index (κ2) is 6.68. The van der Waals surface area contributed by atoms with Gasteiger partial charge in [0.1, 0.15) is 6.10 Å². The highest BCUT2D eigenvalue weighted by atomic mass is 32.2. The van der Waals surface area contributed by atoms with Crippen LogP contribution in [0, 0.1) is 0 Å². The number of carbonyl (C=O) groups is 1. The predicted molar refractivity (Wildman–Crippen MR) is 89.0 cm³/mol. The molecule has 0 saturated carbocycles. The minimum atomic E-state index is -3.35. The Morgan fingerprint density at radius 3 is 2.54 bits per heavy atom. The first-order chi connectivity index (χ1) is 11.3. The fourth-order valence-corrected chi connectivity index (χ4v) is 3.95. The summed E-state index contributed by atoms with van der Waals surface area (Å²) in [6.07, 6.45) is 6.28. The number of ether oxygens (including phenoxy) is 1. The number of pyridine rings is 1. The van der Waals surface area contributed by atoms with E-state index in [0.717, 1.165) is 36.2 Å². The number of likely N-dealkylation sites (N-methyl/N-ethyl adjacent to an activating group) is 1. The maximum atomic E-state index is 12.5. The van der Waals surface area contributed by atoms with Crippen molar-refractivity contribution in [2.75, 3.05) is 19.8 Å². The monoisotopic (exact) mass is 353 g/mol. The van der Waals surface area contributed by atoms with Crippen molar-refractivity contribution in [2.24, 2.45) is 0 Å². The molecule has 0 N–H and O–H groups in total. The fourth-order valence-electron chi connectivity index (χ4n) is 3.61. The second-order valence-corrected chi connectivity index (χ2v) is 8.67. The second-order valence-electron chi connectivity index (χ2n) is 6.58. The standard InChI is InChI=1S/C16H23N3O4S/c1-18(24(2,21)22)11-16(20)19-12-6-7-13(19)10-14(9-12)23-15-5-3-4-8-17-15/h3-5,8,12-14H,6-7,9-11H2,1-2H3. The lowest BCUT2D eigenvalue weighted by Crippen LogP contribution is -2.52. The summed E-state index contributed by atoms with van der Waals surface area (Å²) >= 11 is 0. The number of nitrogens with zero attached hydrogens (tertiary/aromatic N) is 3. The number of sulfonamides is 1. The van der Waals surface area contributed by atoms with Crippen LogP contribution in [-0.2, 0) is 14.8 Å². The van der Waals surface area contributed by atoms with E-state index in [4.69, 9.17) is 4.74 Å². The zero-order valence-corrected chi connectivity index (χ0v) is 14.8. The lowest BCUT2D eigenvalue weighted by molar-refractivity contribution is -0.137. The van der Waals surface area contributed by atoms with Crippen LogP contribution in [0.1, 0.15) is 25.7 Å². The largest absolute Gasteiger partial charge is 0.474 e. The summed E-state index contributed by atoms with van der Waals surface area (Å²) < 4.78 is 30.1. The molecule has 3 rings (SSSR count). The van der Waals surface area contributed by atoms with Gasteiger partial charge in [0.25, 0.3) is 0 Å². The molecule has 7 nitrogen and oxygen atoms in total. The molecule has 132 valence electrons. The lowest BCUT2D eigenvalue weighted by atomic mass is 9.99. The zero-order chi connectivity index (χ0) is 17.3. The number of piperidine rings is 1. The van der Waals surface area contributed by atoms with Crippen LogP contribution in [0.4, 0.5) is 0 Å². The third kappa shape index (κ3) is 3.70. The van der Waals surface area contributed by atoms with Crippen LogP contribution in [0.2, 0.25) is 0 Å². The Morgan fingerprint density at radius 2 is 2.00 bits per heavy atom. The highest BCUT2D eigenvalue weighted by molar-refractivity contribution is 7.88. The number of hydrogen-bond acceptors (Lipinski definition) is 5. The van der Waals surface area contributed by atoms with E-state index in [0.29, 0.717) is 5.88 Å². The van der Waals surface area contributed by atoms with Crippen molar-refractivity contribution >= 4 is 15.9 Å². The molecular weight excluding hydrogens is 330 g/mol.